The topological polar surface area (TPSA) is 24.9 Å². The Hall–Kier alpha value is -2.62. The molecule has 2 aliphatic heterocycles. The summed E-state index contributed by atoms with van der Waals surface area (Å²) in [6, 6.07) is 7.85. The molecule has 0 saturated carbocycles. The molecule has 1 aromatic carbocycles. The van der Waals surface area contributed by atoms with Crippen molar-refractivity contribution < 1.29 is 9.68 Å². The Morgan fingerprint density at radius 1 is 0.667 bits per heavy atom. The van der Waals surface area contributed by atoms with Gasteiger partial charge in [-0.3, -0.25) is 0 Å². The monoisotopic (exact) mass is 240 g/mol. The van der Waals surface area contributed by atoms with E-state index in [4.69, 9.17) is 9.68 Å². The molecular weight excluding hydrogens is 228 g/mol. The van der Waals surface area contributed by atoms with Crippen LogP contribution in [-0.4, -0.2) is 0 Å². The summed E-state index contributed by atoms with van der Waals surface area (Å²) in [5, 5.41) is 3.37. The third kappa shape index (κ3) is 1.96. The van der Waals surface area contributed by atoms with Crippen molar-refractivity contribution >= 4 is 11.4 Å². The molecule has 4 nitrogen and oxygen atoms in total. The van der Waals surface area contributed by atoms with Crippen molar-refractivity contribution in [3.63, 3.8) is 0 Å². The summed E-state index contributed by atoms with van der Waals surface area (Å²) in [4.78, 5) is 10.9. The highest BCUT2D eigenvalue weighted by molar-refractivity contribution is 5.71. The van der Waals surface area contributed by atoms with Crippen molar-refractivity contribution in [2.45, 2.75) is 0 Å². The Morgan fingerprint density at radius 3 is 1.56 bits per heavy atom. The number of para-hydroxylation sites is 2. The first-order chi connectivity index (χ1) is 8.95. The highest BCUT2D eigenvalue weighted by Gasteiger charge is 2.15. The standard InChI is InChI=1S/C14H12N2O2/c1-2-8-14(16-10-4-6-12-18-16)13(7-1)15-9-3-5-11-17-15/h1-12H. The van der Waals surface area contributed by atoms with Crippen LogP contribution in [0.15, 0.2) is 73.5 Å². The third-order valence-corrected chi connectivity index (χ3v) is 2.53. The lowest BCUT2D eigenvalue weighted by Crippen LogP contribution is -2.21. The lowest BCUT2D eigenvalue weighted by atomic mass is 10.2. The first kappa shape index (κ1) is 10.5. The van der Waals surface area contributed by atoms with Crippen LogP contribution in [0.25, 0.3) is 0 Å². The maximum Gasteiger partial charge on any atom is 0.120 e. The first-order valence-corrected chi connectivity index (χ1v) is 5.63. The summed E-state index contributed by atoms with van der Waals surface area (Å²) < 4.78 is 0. The summed E-state index contributed by atoms with van der Waals surface area (Å²) in [7, 11) is 0. The molecule has 0 N–H and O–H groups in total. The third-order valence-electron chi connectivity index (χ3n) is 2.53. The molecule has 0 amide bonds. The fourth-order valence-corrected chi connectivity index (χ4v) is 1.73. The van der Waals surface area contributed by atoms with E-state index in [2.05, 4.69) is 0 Å². The van der Waals surface area contributed by atoms with Crippen molar-refractivity contribution in [1.29, 1.82) is 0 Å². The van der Waals surface area contributed by atoms with Crippen molar-refractivity contribution in [2.24, 2.45) is 0 Å². The fourth-order valence-electron chi connectivity index (χ4n) is 1.73. The van der Waals surface area contributed by atoms with E-state index >= 15 is 0 Å². The van der Waals surface area contributed by atoms with Gasteiger partial charge in [0.05, 0.1) is 0 Å². The molecule has 0 saturated heterocycles. The predicted octanol–water partition coefficient (Wildman–Crippen LogP) is 3.24. The van der Waals surface area contributed by atoms with Gasteiger partial charge in [-0.15, -0.1) is 0 Å². The Morgan fingerprint density at radius 2 is 1.17 bits per heavy atom. The van der Waals surface area contributed by atoms with E-state index < -0.39 is 0 Å². The van der Waals surface area contributed by atoms with E-state index in [9.17, 15) is 0 Å². The second-order valence-corrected chi connectivity index (χ2v) is 3.69. The van der Waals surface area contributed by atoms with Crippen LogP contribution in [0.2, 0.25) is 0 Å². The predicted molar refractivity (Wildman–Crippen MR) is 70.1 cm³/mol. The number of nitrogens with zero attached hydrogens (tertiary/aromatic N) is 2. The van der Waals surface area contributed by atoms with Crippen LogP contribution in [-0.2, 0) is 9.68 Å². The summed E-state index contributed by atoms with van der Waals surface area (Å²) in [5.41, 5.74) is 1.80. The number of rotatable bonds is 2. The molecule has 0 unspecified atom stereocenters. The minimum absolute atomic E-state index is 0.901. The Balaban J connectivity index is 1.94. The van der Waals surface area contributed by atoms with E-state index in [0.717, 1.165) is 11.4 Å². The van der Waals surface area contributed by atoms with Gasteiger partial charge in [0, 0.05) is 12.4 Å². The summed E-state index contributed by atoms with van der Waals surface area (Å²) in [6.07, 6.45) is 14.4. The molecule has 2 aliphatic rings. The zero-order chi connectivity index (χ0) is 12.2. The van der Waals surface area contributed by atoms with E-state index in [1.165, 1.54) is 0 Å². The van der Waals surface area contributed by atoms with Crippen LogP contribution in [0, 0.1) is 0 Å². The molecule has 0 bridgehead atoms. The molecule has 4 heteroatoms. The van der Waals surface area contributed by atoms with Gasteiger partial charge in [0.1, 0.15) is 23.9 Å². The molecular formula is C14H12N2O2. The average Bonchev–Trinajstić information content (AvgIpc) is 2.49. The second kappa shape index (κ2) is 4.71. The zero-order valence-electron chi connectivity index (χ0n) is 9.64. The van der Waals surface area contributed by atoms with Crippen molar-refractivity contribution in [2.75, 3.05) is 10.1 Å². The number of hydroxylamine groups is 2. The molecule has 90 valence electrons. The number of hydrogen-bond donors (Lipinski definition) is 0. The molecule has 0 aliphatic carbocycles. The molecule has 18 heavy (non-hydrogen) atoms. The second-order valence-electron chi connectivity index (χ2n) is 3.69. The molecule has 3 rings (SSSR count). The number of benzene rings is 1. The molecule has 0 atom stereocenters. The highest BCUT2D eigenvalue weighted by Crippen LogP contribution is 2.31. The smallest absolute Gasteiger partial charge is 0.120 e. The maximum atomic E-state index is 5.44. The van der Waals surface area contributed by atoms with Gasteiger partial charge in [0.2, 0.25) is 0 Å². The van der Waals surface area contributed by atoms with Gasteiger partial charge >= 0.3 is 0 Å². The number of anilines is 2. The van der Waals surface area contributed by atoms with Gasteiger partial charge in [0.25, 0.3) is 0 Å². The molecule has 0 aromatic heterocycles. The van der Waals surface area contributed by atoms with Gasteiger partial charge in [-0.25, -0.2) is 0 Å². The van der Waals surface area contributed by atoms with Crippen LogP contribution in [0.1, 0.15) is 0 Å². The quantitative estimate of drug-likeness (QED) is 0.792. The number of allylic oxidation sites excluding steroid dienone is 4. The lowest BCUT2D eigenvalue weighted by molar-refractivity contribution is 0.234. The van der Waals surface area contributed by atoms with Crippen LogP contribution < -0.4 is 10.1 Å². The van der Waals surface area contributed by atoms with Crippen LogP contribution in [0.4, 0.5) is 11.4 Å². The van der Waals surface area contributed by atoms with Crippen molar-refractivity contribution in [1.82, 2.24) is 0 Å². The summed E-state index contributed by atoms with van der Waals surface area (Å²) >= 11 is 0. The Labute approximate surface area is 105 Å². The molecule has 1 aromatic rings. The minimum atomic E-state index is 0.901. The largest absolute Gasteiger partial charge is 0.383 e. The number of hydrogen-bond acceptors (Lipinski definition) is 4. The van der Waals surface area contributed by atoms with E-state index in [-0.39, 0.29) is 0 Å². The van der Waals surface area contributed by atoms with Crippen molar-refractivity contribution in [3.8, 4) is 0 Å². The molecule has 2 heterocycles. The highest BCUT2D eigenvalue weighted by atomic mass is 16.7. The average molecular weight is 240 g/mol. The summed E-state index contributed by atoms with van der Waals surface area (Å²) in [6.45, 7) is 0. The van der Waals surface area contributed by atoms with Gasteiger partial charge in [-0.2, -0.15) is 10.1 Å². The first-order valence-electron chi connectivity index (χ1n) is 5.63. The normalized spacial score (nSPS) is 16.7. The Kier molecular flexibility index (Phi) is 2.75. The molecule has 0 radical (unpaired) electrons. The Bertz CT molecular complexity index is 497. The molecule has 0 fully saturated rings. The van der Waals surface area contributed by atoms with Gasteiger partial charge in [-0.05, 0) is 36.4 Å². The SMILES string of the molecule is C1=CON(c2ccccc2N2C=CC=CO2)C=C1. The van der Waals surface area contributed by atoms with E-state index in [1.54, 1.807) is 22.7 Å². The zero-order valence-corrected chi connectivity index (χ0v) is 9.64. The van der Waals surface area contributed by atoms with E-state index in [1.807, 2.05) is 61.0 Å². The van der Waals surface area contributed by atoms with Crippen LogP contribution >= 0.6 is 0 Å². The molecule has 0 spiro atoms. The summed E-state index contributed by atoms with van der Waals surface area (Å²) in [5.74, 6) is 0. The van der Waals surface area contributed by atoms with Crippen LogP contribution in [0.5, 0.6) is 0 Å². The minimum Gasteiger partial charge on any atom is -0.383 e. The van der Waals surface area contributed by atoms with E-state index in [0.29, 0.717) is 0 Å². The van der Waals surface area contributed by atoms with Gasteiger partial charge < -0.3 is 9.68 Å². The fraction of sp³-hybridized carbons (Fsp3) is 0. The van der Waals surface area contributed by atoms with Crippen LogP contribution in [0.3, 0.4) is 0 Å². The maximum absolute atomic E-state index is 5.44. The lowest BCUT2D eigenvalue weighted by Gasteiger charge is -2.27. The van der Waals surface area contributed by atoms with Gasteiger partial charge in [-0.1, -0.05) is 12.1 Å². The van der Waals surface area contributed by atoms with Gasteiger partial charge in [0.15, 0.2) is 0 Å². The van der Waals surface area contributed by atoms with Crippen molar-refractivity contribution in [3.05, 3.63) is 73.5 Å².